The van der Waals surface area contributed by atoms with Gasteiger partial charge in [-0.1, -0.05) is 48.0 Å². The number of hydrogen-bond acceptors (Lipinski definition) is 4. The number of methoxy groups -OCH3 is 1. The molecule has 1 aliphatic rings. The zero-order valence-corrected chi connectivity index (χ0v) is 24.3. The van der Waals surface area contributed by atoms with E-state index in [0.29, 0.717) is 31.1 Å². The van der Waals surface area contributed by atoms with Gasteiger partial charge >= 0.3 is 6.09 Å². The molecule has 0 unspecified atom stereocenters. The predicted octanol–water partition coefficient (Wildman–Crippen LogP) is 6.79. The Morgan fingerprint density at radius 2 is 1.85 bits per heavy atom. The minimum Gasteiger partial charge on any atom is -0.444 e. The van der Waals surface area contributed by atoms with Crippen molar-refractivity contribution < 1.29 is 14.3 Å². The van der Waals surface area contributed by atoms with Crippen LogP contribution in [0.1, 0.15) is 62.1 Å². The number of piperidine rings is 1. The summed E-state index contributed by atoms with van der Waals surface area (Å²) in [5.74, 6) is -0.0425. The summed E-state index contributed by atoms with van der Waals surface area (Å²) in [6, 6.07) is 18.3. The van der Waals surface area contributed by atoms with Crippen LogP contribution in [0, 0.1) is 0 Å². The van der Waals surface area contributed by atoms with E-state index in [1.807, 2.05) is 39.0 Å². The van der Waals surface area contributed by atoms with Crippen LogP contribution in [-0.4, -0.2) is 48.0 Å². The van der Waals surface area contributed by atoms with E-state index in [1.54, 1.807) is 35.9 Å². The number of nitrogens with zero attached hydrogens (tertiary/aromatic N) is 2. The molecule has 208 valence electrons. The lowest BCUT2D eigenvalue weighted by Crippen LogP contribution is -2.44. The van der Waals surface area contributed by atoms with Gasteiger partial charge < -0.3 is 18.9 Å². The third kappa shape index (κ3) is 7.11. The van der Waals surface area contributed by atoms with Crippen LogP contribution in [-0.2, 0) is 22.9 Å². The Morgan fingerprint density at radius 3 is 2.54 bits per heavy atom. The van der Waals surface area contributed by atoms with Crippen molar-refractivity contribution in [1.29, 1.82) is 0 Å². The van der Waals surface area contributed by atoms with E-state index in [-0.39, 0.29) is 23.5 Å². The molecule has 2 heterocycles. The Bertz CT molecular complexity index is 1360. The summed E-state index contributed by atoms with van der Waals surface area (Å²) in [6.07, 6.45) is 4.05. The summed E-state index contributed by atoms with van der Waals surface area (Å²) in [7, 11) is 3.47. The minimum absolute atomic E-state index is 0.0438. The summed E-state index contributed by atoms with van der Waals surface area (Å²) in [6.45, 7) is 7.35. The Labute approximate surface area is 236 Å². The molecule has 2 atom stereocenters. The second kappa shape index (κ2) is 12.4. The van der Waals surface area contributed by atoms with Gasteiger partial charge in [0.05, 0.1) is 0 Å². The van der Waals surface area contributed by atoms with E-state index in [0.717, 1.165) is 35.1 Å². The van der Waals surface area contributed by atoms with Gasteiger partial charge in [0, 0.05) is 57.1 Å². The normalized spacial score (nSPS) is 17.7. The molecule has 0 radical (unpaired) electrons. The number of halogens is 1. The highest BCUT2D eigenvalue weighted by Crippen LogP contribution is 2.43. The predicted molar refractivity (Wildman–Crippen MR) is 157 cm³/mol. The van der Waals surface area contributed by atoms with E-state index in [1.165, 1.54) is 5.56 Å². The molecule has 2 aromatic carbocycles. The molecule has 0 N–H and O–H groups in total. The van der Waals surface area contributed by atoms with Crippen molar-refractivity contribution in [2.75, 3.05) is 26.8 Å². The molecule has 3 aromatic rings. The standard InChI is InChI=1S/C32H39ClN2O4/c1-32(2,3)39-31(37)35-17-15-26(24-14-16-34(4)30(36)20-24)28(21-35)27-13-12-23(19-29(27)33)25-11-7-6-9-22(25)10-8-18-38-5/h6-7,9,11-14,16,19-20,26,28H,8,10,15,17-18,21H2,1-5H3/t26-,28+/m1/s1. The average Bonchev–Trinajstić information content (AvgIpc) is 2.89. The SMILES string of the molecule is COCCCc1ccccc1-c1ccc([C@H]2CN(C(=O)OC(C)(C)C)CC[C@@H]2c2ccn(C)c(=O)c2)c(Cl)c1. The number of aryl methyl sites for hydroxylation is 2. The molecule has 4 rings (SSSR count). The highest BCUT2D eigenvalue weighted by molar-refractivity contribution is 6.31. The van der Waals surface area contributed by atoms with Crippen molar-refractivity contribution in [1.82, 2.24) is 9.47 Å². The molecule has 0 aliphatic carbocycles. The van der Waals surface area contributed by atoms with Crippen LogP contribution in [0.4, 0.5) is 4.79 Å². The molecule has 0 saturated carbocycles. The molecule has 1 aromatic heterocycles. The molecule has 0 spiro atoms. The van der Waals surface area contributed by atoms with Crippen LogP contribution in [0.2, 0.25) is 5.02 Å². The number of benzene rings is 2. The topological polar surface area (TPSA) is 60.8 Å². The largest absolute Gasteiger partial charge is 0.444 e. The first-order valence-electron chi connectivity index (χ1n) is 13.6. The summed E-state index contributed by atoms with van der Waals surface area (Å²) in [4.78, 5) is 27.3. The Morgan fingerprint density at radius 1 is 1.08 bits per heavy atom. The zero-order chi connectivity index (χ0) is 28.2. The maximum atomic E-state index is 13.0. The second-order valence-corrected chi connectivity index (χ2v) is 11.7. The smallest absolute Gasteiger partial charge is 0.410 e. The van der Waals surface area contributed by atoms with E-state index in [4.69, 9.17) is 21.1 Å². The van der Waals surface area contributed by atoms with Gasteiger partial charge in [-0.25, -0.2) is 4.79 Å². The Kier molecular flexibility index (Phi) is 9.19. The van der Waals surface area contributed by atoms with Crippen molar-refractivity contribution in [3.05, 3.63) is 92.9 Å². The van der Waals surface area contributed by atoms with Gasteiger partial charge in [0.1, 0.15) is 5.60 Å². The Hall–Kier alpha value is -3.09. The summed E-state index contributed by atoms with van der Waals surface area (Å²) >= 11 is 7.01. The van der Waals surface area contributed by atoms with Gasteiger partial charge in [0.15, 0.2) is 0 Å². The number of hydrogen-bond donors (Lipinski definition) is 0. The molecule has 39 heavy (non-hydrogen) atoms. The fourth-order valence-electron chi connectivity index (χ4n) is 5.38. The molecule has 1 fully saturated rings. The highest BCUT2D eigenvalue weighted by atomic mass is 35.5. The lowest BCUT2D eigenvalue weighted by Gasteiger charge is -2.40. The average molecular weight is 551 g/mol. The number of likely N-dealkylation sites (tertiary alicyclic amines) is 1. The van der Waals surface area contributed by atoms with Gasteiger partial charge in [-0.15, -0.1) is 0 Å². The van der Waals surface area contributed by atoms with Crippen LogP contribution in [0.15, 0.2) is 65.6 Å². The first-order valence-corrected chi connectivity index (χ1v) is 14.0. The highest BCUT2D eigenvalue weighted by Gasteiger charge is 2.36. The quantitative estimate of drug-likeness (QED) is 0.304. The van der Waals surface area contributed by atoms with Gasteiger partial charge in [-0.2, -0.15) is 0 Å². The molecule has 6 nitrogen and oxygen atoms in total. The molecular weight excluding hydrogens is 512 g/mol. The molecule has 1 saturated heterocycles. The van der Waals surface area contributed by atoms with Crippen LogP contribution in [0.25, 0.3) is 11.1 Å². The van der Waals surface area contributed by atoms with Gasteiger partial charge in [-0.05, 0) is 85.9 Å². The maximum absolute atomic E-state index is 13.0. The fraction of sp³-hybridized carbons (Fsp3) is 0.438. The lowest BCUT2D eigenvalue weighted by molar-refractivity contribution is 0.0184. The number of amides is 1. The number of ether oxygens (including phenoxy) is 2. The van der Waals surface area contributed by atoms with E-state index < -0.39 is 5.60 Å². The van der Waals surface area contributed by atoms with Crippen molar-refractivity contribution in [3.8, 4) is 11.1 Å². The van der Waals surface area contributed by atoms with Crippen LogP contribution in [0.3, 0.4) is 0 Å². The van der Waals surface area contributed by atoms with Crippen molar-refractivity contribution in [3.63, 3.8) is 0 Å². The maximum Gasteiger partial charge on any atom is 0.410 e. The van der Waals surface area contributed by atoms with Crippen molar-refractivity contribution in [2.24, 2.45) is 7.05 Å². The minimum atomic E-state index is -0.578. The summed E-state index contributed by atoms with van der Waals surface area (Å²) in [5.41, 5.74) is 4.78. The van der Waals surface area contributed by atoms with Crippen LogP contribution < -0.4 is 5.56 Å². The first kappa shape index (κ1) is 28.9. The van der Waals surface area contributed by atoms with Gasteiger partial charge in [-0.3, -0.25) is 4.79 Å². The molecule has 7 heteroatoms. The van der Waals surface area contributed by atoms with Crippen molar-refractivity contribution in [2.45, 2.75) is 57.5 Å². The number of aromatic nitrogens is 1. The first-order chi connectivity index (χ1) is 18.6. The molecule has 0 bridgehead atoms. The van der Waals surface area contributed by atoms with E-state index in [2.05, 4.69) is 30.3 Å². The summed E-state index contributed by atoms with van der Waals surface area (Å²) in [5, 5.41) is 0.657. The third-order valence-electron chi connectivity index (χ3n) is 7.34. The van der Waals surface area contributed by atoms with Crippen LogP contribution >= 0.6 is 11.6 Å². The van der Waals surface area contributed by atoms with E-state index >= 15 is 0 Å². The number of rotatable bonds is 7. The van der Waals surface area contributed by atoms with Crippen molar-refractivity contribution >= 4 is 17.7 Å². The summed E-state index contributed by atoms with van der Waals surface area (Å²) < 4.78 is 12.5. The molecular formula is C32H39ClN2O4. The molecule has 1 amide bonds. The van der Waals surface area contributed by atoms with Gasteiger partial charge in [0.25, 0.3) is 5.56 Å². The monoisotopic (exact) mass is 550 g/mol. The second-order valence-electron chi connectivity index (χ2n) is 11.3. The van der Waals surface area contributed by atoms with Crippen LogP contribution in [0.5, 0.6) is 0 Å². The number of carbonyl (C=O) groups is 1. The zero-order valence-electron chi connectivity index (χ0n) is 23.6. The van der Waals surface area contributed by atoms with E-state index in [9.17, 15) is 9.59 Å². The van der Waals surface area contributed by atoms with Gasteiger partial charge in [0.2, 0.25) is 0 Å². The third-order valence-corrected chi connectivity index (χ3v) is 7.67. The molecule has 1 aliphatic heterocycles. The number of pyridine rings is 1. The lowest BCUT2D eigenvalue weighted by atomic mass is 9.76. The fourth-order valence-corrected chi connectivity index (χ4v) is 5.70. The number of carbonyl (C=O) groups excluding carboxylic acids is 1. The Balaban J connectivity index is 1.69.